The fourth-order valence-corrected chi connectivity index (χ4v) is 1.81. The first-order chi connectivity index (χ1) is 6.84. The third-order valence-electron chi connectivity index (χ3n) is 2.11. The van der Waals surface area contributed by atoms with Crippen molar-refractivity contribution in [3.8, 4) is 0 Å². The van der Waals surface area contributed by atoms with E-state index in [0.29, 0.717) is 6.04 Å². The van der Waals surface area contributed by atoms with E-state index in [-0.39, 0.29) is 0 Å². The Morgan fingerprint density at radius 1 is 1.43 bits per heavy atom. The number of nitrogens with one attached hydrogen (secondary N) is 1. The van der Waals surface area contributed by atoms with Crippen molar-refractivity contribution in [2.45, 2.75) is 19.9 Å². The second-order valence-corrected chi connectivity index (χ2v) is 4.55. The molecule has 0 bridgehead atoms. The molecule has 0 radical (unpaired) electrons. The maximum absolute atomic E-state index is 4.01. The number of hydrogen-bond acceptors (Lipinski definition) is 3. The summed E-state index contributed by atoms with van der Waals surface area (Å²) in [6.45, 7) is 5.45. The van der Waals surface area contributed by atoms with Gasteiger partial charge in [-0.15, -0.1) is 0 Å². The minimum absolute atomic E-state index is 0.426. The quantitative estimate of drug-likeness (QED) is 0.730. The molecule has 0 aromatic carbocycles. The van der Waals surface area contributed by atoms with Crippen molar-refractivity contribution in [3.05, 3.63) is 30.1 Å². The molecule has 0 aliphatic rings. The largest absolute Gasteiger partial charge is 0.309 e. The van der Waals surface area contributed by atoms with Crippen LogP contribution in [0.1, 0.15) is 25.5 Å². The van der Waals surface area contributed by atoms with Gasteiger partial charge in [0, 0.05) is 30.7 Å². The summed E-state index contributed by atoms with van der Waals surface area (Å²) in [4.78, 5) is 4.01. The van der Waals surface area contributed by atoms with Crippen molar-refractivity contribution >= 4 is 11.8 Å². The molecule has 2 nitrogen and oxygen atoms in total. The van der Waals surface area contributed by atoms with Crippen molar-refractivity contribution in [3.63, 3.8) is 0 Å². The van der Waals surface area contributed by atoms with Crippen LogP contribution in [0.3, 0.4) is 0 Å². The first-order valence-electron chi connectivity index (χ1n) is 5.05. The lowest BCUT2D eigenvalue weighted by Gasteiger charge is -2.13. The van der Waals surface area contributed by atoms with Gasteiger partial charge >= 0.3 is 0 Å². The van der Waals surface area contributed by atoms with E-state index in [1.54, 1.807) is 0 Å². The highest BCUT2D eigenvalue weighted by molar-refractivity contribution is 7.99. The predicted molar refractivity (Wildman–Crippen MR) is 63.7 cm³/mol. The van der Waals surface area contributed by atoms with Crippen LogP contribution >= 0.6 is 11.8 Å². The van der Waals surface area contributed by atoms with E-state index in [1.807, 2.05) is 24.2 Å². The predicted octanol–water partition coefficient (Wildman–Crippen LogP) is 2.49. The molecule has 0 saturated heterocycles. The van der Waals surface area contributed by atoms with Crippen molar-refractivity contribution in [2.75, 3.05) is 18.1 Å². The maximum atomic E-state index is 4.01. The second kappa shape index (κ2) is 6.85. The van der Waals surface area contributed by atoms with E-state index in [4.69, 9.17) is 0 Å². The van der Waals surface area contributed by atoms with Gasteiger partial charge in [0.1, 0.15) is 0 Å². The van der Waals surface area contributed by atoms with E-state index in [1.165, 1.54) is 17.1 Å². The summed E-state index contributed by atoms with van der Waals surface area (Å²) in [5, 5.41) is 3.49. The van der Waals surface area contributed by atoms with Gasteiger partial charge in [-0.3, -0.25) is 4.98 Å². The Morgan fingerprint density at radius 2 is 2.14 bits per heavy atom. The Hall–Kier alpha value is -0.540. The van der Waals surface area contributed by atoms with Crippen LogP contribution in [0.5, 0.6) is 0 Å². The van der Waals surface area contributed by atoms with Crippen LogP contribution in [0.4, 0.5) is 0 Å². The molecule has 1 atom stereocenters. The van der Waals surface area contributed by atoms with Crippen LogP contribution in [0.15, 0.2) is 24.5 Å². The number of aromatic nitrogens is 1. The first-order valence-corrected chi connectivity index (χ1v) is 6.21. The van der Waals surface area contributed by atoms with Gasteiger partial charge in [0.05, 0.1) is 0 Å². The molecule has 1 aromatic rings. The maximum Gasteiger partial charge on any atom is 0.0293 e. The first kappa shape index (κ1) is 11.5. The van der Waals surface area contributed by atoms with Crippen LogP contribution in [-0.4, -0.2) is 23.0 Å². The molecular formula is C11H18N2S. The summed E-state index contributed by atoms with van der Waals surface area (Å²) in [7, 11) is 0. The number of hydrogen-bond donors (Lipinski definition) is 1. The van der Waals surface area contributed by atoms with Gasteiger partial charge in [0.15, 0.2) is 0 Å². The molecule has 0 amide bonds. The molecule has 1 heterocycles. The van der Waals surface area contributed by atoms with Crippen LogP contribution in [0.25, 0.3) is 0 Å². The summed E-state index contributed by atoms with van der Waals surface area (Å²) in [5.74, 6) is 2.39. The second-order valence-electron chi connectivity index (χ2n) is 3.15. The Kier molecular flexibility index (Phi) is 5.64. The van der Waals surface area contributed by atoms with Crippen LogP contribution in [0.2, 0.25) is 0 Å². The lowest BCUT2D eigenvalue weighted by Crippen LogP contribution is -2.21. The number of pyridine rings is 1. The lowest BCUT2D eigenvalue weighted by molar-refractivity contribution is 0.600. The minimum atomic E-state index is 0.426. The Balaban J connectivity index is 2.25. The smallest absolute Gasteiger partial charge is 0.0293 e. The van der Waals surface area contributed by atoms with Crippen molar-refractivity contribution < 1.29 is 0 Å². The number of thioether (sulfide) groups is 1. The Labute approximate surface area is 90.5 Å². The Bertz CT molecular complexity index is 238. The summed E-state index contributed by atoms with van der Waals surface area (Å²) >= 11 is 1.97. The van der Waals surface area contributed by atoms with Gasteiger partial charge in [0.25, 0.3) is 0 Å². The highest BCUT2D eigenvalue weighted by Crippen LogP contribution is 2.09. The summed E-state index contributed by atoms with van der Waals surface area (Å²) in [5.41, 5.74) is 1.31. The third kappa shape index (κ3) is 4.11. The highest BCUT2D eigenvalue weighted by atomic mass is 32.2. The molecule has 0 spiro atoms. The van der Waals surface area contributed by atoms with Crippen molar-refractivity contribution in [1.29, 1.82) is 0 Å². The number of nitrogens with zero attached hydrogens (tertiary/aromatic N) is 1. The van der Waals surface area contributed by atoms with Gasteiger partial charge in [-0.25, -0.2) is 0 Å². The number of rotatable bonds is 6. The van der Waals surface area contributed by atoms with Gasteiger partial charge in [0.2, 0.25) is 0 Å². The normalized spacial score (nSPS) is 12.7. The molecule has 0 aliphatic heterocycles. The van der Waals surface area contributed by atoms with E-state index >= 15 is 0 Å². The monoisotopic (exact) mass is 210 g/mol. The van der Waals surface area contributed by atoms with Crippen LogP contribution in [0, 0.1) is 0 Å². The molecule has 3 heteroatoms. The average Bonchev–Trinajstić information content (AvgIpc) is 2.25. The van der Waals surface area contributed by atoms with E-state index in [0.717, 1.165) is 6.54 Å². The average molecular weight is 210 g/mol. The molecule has 1 rings (SSSR count). The fourth-order valence-electron chi connectivity index (χ4n) is 1.26. The third-order valence-corrected chi connectivity index (χ3v) is 3.01. The van der Waals surface area contributed by atoms with E-state index in [2.05, 4.69) is 36.3 Å². The van der Waals surface area contributed by atoms with Gasteiger partial charge in [-0.05, 0) is 30.4 Å². The highest BCUT2D eigenvalue weighted by Gasteiger charge is 2.02. The zero-order valence-electron chi connectivity index (χ0n) is 8.86. The molecule has 0 saturated carbocycles. The zero-order chi connectivity index (χ0) is 10.2. The van der Waals surface area contributed by atoms with Crippen LogP contribution in [-0.2, 0) is 0 Å². The van der Waals surface area contributed by atoms with Crippen LogP contribution < -0.4 is 5.32 Å². The van der Waals surface area contributed by atoms with Gasteiger partial charge in [-0.1, -0.05) is 6.92 Å². The summed E-state index contributed by atoms with van der Waals surface area (Å²) < 4.78 is 0. The van der Waals surface area contributed by atoms with E-state index < -0.39 is 0 Å². The fraction of sp³-hybridized carbons (Fsp3) is 0.545. The zero-order valence-corrected chi connectivity index (χ0v) is 9.68. The molecule has 1 N–H and O–H groups in total. The molecule has 0 aliphatic carbocycles. The molecule has 0 fully saturated rings. The summed E-state index contributed by atoms with van der Waals surface area (Å²) in [6.07, 6.45) is 3.68. The molecule has 14 heavy (non-hydrogen) atoms. The minimum Gasteiger partial charge on any atom is -0.309 e. The lowest BCUT2D eigenvalue weighted by atomic mass is 10.1. The van der Waals surface area contributed by atoms with Gasteiger partial charge in [-0.2, -0.15) is 11.8 Å². The topological polar surface area (TPSA) is 24.9 Å². The standard InChI is InChI=1S/C11H18N2S/c1-3-14-9-8-13-10(2)11-4-6-12-7-5-11/h4-7,10,13H,3,8-9H2,1-2H3. The SMILES string of the molecule is CCSCCNC(C)c1ccncc1. The molecular weight excluding hydrogens is 192 g/mol. The summed E-state index contributed by atoms with van der Waals surface area (Å²) in [6, 6.07) is 4.55. The molecule has 78 valence electrons. The van der Waals surface area contributed by atoms with E-state index in [9.17, 15) is 0 Å². The molecule has 1 unspecified atom stereocenters. The van der Waals surface area contributed by atoms with Crippen molar-refractivity contribution in [1.82, 2.24) is 10.3 Å². The Morgan fingerprint density at radius 3 is 2.79 bits per heavy atom. The van der Waals surface area contributed by atoms with Crippen molar-refractivity contribution in [2.24, 2.45) is 0 Å². The van der Waals surface area contributed by atoms with Gasteiger partial charge < -0.3 is 5.32 Å². The molecule has 1 aromatic heterocycles.